The Morgan fingerprint density at radius 1 is 1.16 bits per heavy atom. The molecule has 2 aromatic rings. The number of nitrogens with zero attached hydrogens (tertiary/aromatic N) is 4. The summed E-state index contributed by atoms with van der Waals surface area (Å²) in [4.78, 5) is 26.5. The fourth-order valence-corrected chi connectivity index (χ4v) is 4.27. The van der Waals surface area contributed by atoms with Gasteiger partial charge in [0.05, 0.1) is 12.3 Å². The first-order valence-corrected chi connectivity index (χ1v) is 11.5. The molecule has 1 fully saturated rings. The normalized spacial score (nSPS) is 15.0. The van der Waals surface area contributed by atoms with Gasteiger partial charge in [0.25, 0.3) is 0 Å². The molecule has 1 aromatic heterocycles. The van der Waals surface area contributed by atoms with Crippen LogP contribution >= 0.6 is 11.8 Å². The maximum absolute atomic E-state index is 12.7. The molecule has 0 spiro atoms. The Bertz CT molecular complexity index is 886. The van der Waals surface area contributed by atoms with Crippen LogP contribution in [0.2, 0.25) is 0 Å². The molecule has 0 radical (unpaired) electrons. The van der Waals surface area contributed by atoms with E-state index in [0.29, 0.717) is 25.4 Å². The predicted molar refractivity (Wildman–Crippen MR) is 120 cm³/mol. The minimum Gasteiger partial charge on any atom is -0.444 e. The Morgan fingerprint density at radius 2 is 1.84 bits per heavy atom. The van der Waals surface area contributed by atoms with E-state index in [1.165, 1.54) is 11.8 Å². The zero-order chi connectivity index (χ0) is 22.4. The van der Waals surface area contributed by atoms with Gasteiger partial charge >= 0.3 is 6.09 Å². The number of aryl methyl sites for hydroxylation is 1. The van der Waals surface area contributed by atoms with Crippen molar-refractivity contribution < 1.29 is 14.3 Å². The minimum absolute atomic E-state index is 0.0307. The molecule has 1 N–H and O–H groups in total. The molecule has 0 aliphatic carbocycles. The van der Waals surface area contributed by atoms with E-state index in [2.05, 4.69) is 27.6 Å². The summed E-state index contributed by atoms with van der Waals surface area (Å²) in [5.74, 6) is 1.22. The van der Waals surface area contributed by atoms with Crippen LogP contribution in [-0.2, 0) is 16.1 Å². The summed E-state index contributed by atoms with van der Waals surface area (Å²) in [6, 6.07) is 10.2. The van der Waals surface area contributed by atoms with Crippen molar-refractivity contribution in [2.45, 2.75) is 63.9 Å². The number of amides is 2. The van der Waals surface area contributed by atoms with Crippen molar-refractivity contribution in [3.63, 3.8) is 0 Å². The van der Waals surface area contributed by atoms with Gasteiger partial charge in [-0.3, -0.25) is 4.79 Å². The molecule has 1 saturated heterocycles. The number of nitrogens with one attached hydrogen (secondary N) is 1. The molecular weight excluding hydrogens is 414 g/mol. The van der Waals surface area contributed by atoms with Gasteiger partial charge in [-0.05, 0) is 46.1 Å². The maximum atomic E-state index is 12.7. The molecule has 8 nitrogen and oxygen atoms in total. The number of likely N-dealkylation sites (tertiary alicyclic amines) is 1. The summed E-state index contributed by atoms with van der Waals surface area (Å²) in [5, 5.41) is 12.1. The van der Waals surface area contributed by atoms with Crippen molar-refractivity contribution in [1.82, 2.24) is 25.0 Å². The van der Waals surface area contributed by atoms with Crippen LogP contribution in [-0.4, -0.2) is 62.2 Å². The van der Waals surface area contributed by atoms with E-state index in [1.807, 2.05) is 55.4 Å². The summed E-state index contributed by atoms with van der Waals surface area (Å²) in [7, 11) is 0. The summed E-state index contributed by atoms with van der Waals surface area (Å²) in [5.41, 5.74) is 0.648. The average Bonchev–Trinajstić information content (AvgIpc) is 3.05. The third-order valence-electron chi connectivity index (χ3n) is 4.98. The lowest BCUT2D eigenvalue weighted by atomic mass is 10.1. The van der Waals surface area contributed by atoms with Gasteiger partial charge in [-0.1, -0.05) is 42.1 Å². The number of carbonyl (C=O) groups excluding carboxylic acids is 2. The average molecular weight is 446 g/mol. The van der Waals surface area contributed by atoms with Gasteiger partial charge in [0.1, 0.15) is 11.4 Å². The van der Waals surface area contributed by atoms with E-state index in [1.54, 1.807) is 0 Å². The van der Waals surface area contributed by atoms with Gasteiger partial charge in [0.15, 0.2) is 5.16 Å². The second kappa shape index (κ2) is 10.2. The molecule has 1 aliphatic rings. The zero-order valence-corrected chi connectivity index (χ0v) is 19.4. The number of benzene rings is 1. The SMILES string of the molecule is Cc1nnc(SCC(=O)N2CCC(NC(=O)OC(C)(C)C)CC2)n1Cc1ccccc1. The first kappa shape index (κ1) is 23.1. The molecule has 0 bridgehead atoms. The van der Waals surface area contributed by atoms with Gasteiger partial charge in [-0.15, -0.1) is 10.2 Å². The Balaban J connectivity index is 1.47. The number of ether oxygens (including phenoxy) is 1. The number of hydrogen-bond donors (Lipinski definition) is 1. The zero-order valence-electron chi connectivity index (χ0n) is 18.6. The van der Waals surface area contributed by atoms with Crippen LogP contribution in [0.1, 0.15) is 45.0 Å². The second-order valence-corrected chi connectivity index (χ2v) is 9.63. The monoisotopic (exact) mass is 445 g/mol. The lowest BCUT2D eigenvalue weighted by Crippen LogP contribution is -2.48. The third-order valence-corrected chi connectivity index (χ3v) is 5.93. The van der Waals surface area contributed by atoms with E-state index in [0.717, 1.165) is 29.4 Å². The molecule has 1 aliphatic heterocycles. The number of carbonyl (C=O) groups is 2. The van der Waals surface area contributed by atoms with Crippen molar-refractivity contribution in [2.24, 2.45) is 0 Å². The van der Waals surface area contributed by atoms with Crippen LogP contribution in [0.25, 0.3) is 0 Å². The first-order valence-electron chi connectivity index (χ1n) is 10.5. The van der Waals surface area contributed by atoms with Crippen molar-refractivity contribution in [2.75, 3.05) is 18.8 Å². The number of hydrogen-bond acceptors (Lipinski definition) is 6. The summed E-state index contributed by atoms with van der Waals surface area (Å²) >= 11 is 1.42. The second-order valence-electron chi connectivity index (χ2n) is 8.69. The standard InChI is InChI=1S/C22H31N5O3S/c1-16-24-25-20(27(16)14-17-8-6-5-7-9-17)31-15-19(28)26-12-10-18(11-13-26)23-21(29)30-22(2,3)4/h5-9,18H,10-15H2,1-4H3,(H,23,29). The third kappa shape index (κ3) is 6.99. The largest absolute Gasteiger partial charge is 0.444 e. The van der Waals surface area contributed by atoms with Crippen molar-refractivity contribution in [3.8, 4) is 0 Å². The van der Waals surface area contributed by atoms with Gasteiger partial charge in [-0.2, -0.15) is 0 Å². The molecule has 2 amide bonds. The number of aromatic nitrogens is 3. The number of thioether (sulfide) groups is 1. The van der Waals surface area contributed by atoms with Gasteiger partial charge in [0, 0.05) is 19.1 Å². The van der Waals surface area contributed by atoms with E-state index in [4.69, 9.17) is 4.74 Å². The highest BCUT2D eigenvalue weighted by atomic mass is 32.2. The van der Waals surface area contributed by atoms with Crippen LogP contribution in [0, 0.1) is 6.92 Å². The predicted octanol–water partition coefficient (Wildman–Crippen LogP) is 3.24. The Labute approximate surface area is 187 Å². The minimum atomic E-state index is -0.516. The Kier molecular flexibility index (Phi) is 7.59. The summed E-state index contributed by atoms with van der Waals surface area (Å²) in [6.07, 6.45) is 1.04. The molecule has 31 heavy (non-hydrogen) atoms. The van der Waals surface area contributed by atoms with Crippen LogP contribution in [0.5, 0.6) is 0 Å². The number of alkyl carbamates (subject to hydrolysis) is 1. The smallest absolute Gasteiger partial charge is 0.407 e. The fourth-order valence-electron chi connectivity index (χ4n) is 3.38. The van der Waals surface area contributed by atoms with Gasteiger partial charge < -0.3 is 19.5 Å². The van der Waals surface area contributed by atoms with E-state index >= 15 is 0 Å². The van der Waals surface area contributed by atoms with Crippen molar-refractivity contribution in [3.05, 3.63) is 41.7 Å². The lowest BCUT2D eigenvalue weighted by Gasteiger charge is -2.32. The van der Waals surface area contributed by atoms with Crippen LogP contribution in [0.15, 0.2) is 35.5 Å². The lowest BCUT2D eigenvalue weighted by molar-refractivity contribution is -0.129. The van der Waals surface area contributed by atoms with Crippen molar-refractivity contribution >= 4 is 23.8 Å². The first-order chi connectivity index (χ1) is 14.7. The number of piperidine rings is 1. The topological polar surface area (TPSA) is 89.3 Å². The molecular formula is C22H31N5O3S. The molecule has 1 aromatic carbocycles. The molecule has 0 atom stereocenters. The van der Waals surface area contributed by atoms with E-state index < -0.39 is 11.7 Å². The molecule has 9 heteroatoms. The Hall–Kier alpha value is -2.55. The van der Waals surface area contributed by atoms with Crippen LogP contribution < -0.4 is 5.32 Å². The highest BCUT2D eigenvalue weighted by Crippen LogP contribution is 2.20. The molecule has 0 unspecified atom stereocenters. The molecule has 168 valence electrons. The summed E-state index contributed by atoms with van der Waals surface area (Å²) < 4.78 is 7.34. The summed E-state index contributed by atoms with van der Waals surface area (Å²) in [6.45, 7) is 9.36. The van der Waals surface area contributed by atoms with Gasteiger partial charge in [0.2, 0.25) is 5.91 Å². The van der Waals surface area contributed by atoms with E-state index in [-0.39, 0.29) is 11.9 Å². The van der Waals surface area contributed by atoms with Crippen molar-refractivity contribution in [1.29, 1.82) is 0 Å². The highest BCUT2D eigenvalue weighted by molar-refractivity contribution is 7.99. The Morgan fingerprint density at radius 3 is 2.48 bits per heavy atom. The fraction of sp³-hybridized carbons (Fsp3) is 0.545. The maximum Gasteiger partial charge on any atom is 0.407 e. The van der Waals surface area contributed by atoms with Gasteiger partial charge in [-0.25, -0.2) is 4.79 Å². The number of rotatable bonds is 6. The van der Waals surface area contributed by atoms with Crippen LogP contribution in [0.3, 0.4) is 0 Å². The van der Waals surface area contributed by atoms with Crippen LogP contribution in [0.4, 0.5) is 4.79 Å². The quantitative estimate of drug-likeness (QED) is 0.687. The highest BCUT2D eigenvalue weighted by Gasteiger charge is 2.26. The van der Waals surface area contributed by atoms with E-state index in [9.17, 15) is 9.59 Å². The molecule has 0 saturated carbocycles. The molecule has 3 rings (SSSR count). The molecule has 2 heterocycles.